The maximum absolute atomic E-state index is 10.1. The van der Waals surface area contributed by atoms with E-state index < -0.39 is 12.2 Å². The van der Waals surface area contributed by atoms with Crippen molar-refractivity contribution in [3.8, 4) is 0 Å². The quantitative estimate of drug-likeness (QED) is 0.487. The van der Waals surface area contributed by atoms with Gasteiger partial charge in [0.05, 0.1) is 30.5 Å². The fourth-order valence-corrected chi connectivity index (χ4v) is 3.75. The molecule has 3 N–H and O–H groups in total. The standard InChI is InChI=1S/C22H38O4/c1-15(2)8-7-9-21-18(5)13-22(6,26-21)12-17(4)16(3)10-19(24)11-20(25)14-23/h7,9,16,18-21,23-25H,1,4,8,10-14H2,2-3,5-6H3/b9-7+/t16-,18+,19+,20+,21+,22-/m1/s1. The van der Waals surface area contributed by atoms with E-state index >= 15 is 0 Å². The van der Waals surface area contributed by atoms with E-state index in [0.717, 1.165) is 30.4 Å². The summed E-state index contributed by atoms with van der Waals surface area (Å²) in [6.07, 6.45) is 6.24. The molecule has 150 valence electrons. The fourth-order valence-electron chi connectivity index (χ4n) is 3.75. The summed E-state index contributed by atoms with van der Waals surface area (Å²) in [5.41, 5.74) is 1.96. The Bertz CT molecular complexity index is 498. The Hall–Kier alpha value is -0.940. The van der Waals surface area contributed by atoms with Crippen molar-refractivity contribution in [1.82, 2.24) is 0 Å². The first kappa shape index (κ1) is 23.1. The average Bonchev–Trinajstić information content (AvgIpc) is 2.80. The van der Waals surface area contributed by atoms with Crippen LogP contribution in [0, 0.1) is 11.8 Å². The molecule has 0 aromatic rings. The van der Waals surface area contributed by atoms with E-state index in [2.05, 4.69) is 39.2 Å². The molecule has 0 aromatic heterocycles. The zero-order valence-electron chi connectivity index (χ0n) is 16.9. The molecular formula is C22H38O4. The Labute approximate surface area is 159 Å². The molecule has 0 saturated carbocycles. The van der Waals surface area contributed by atoms with Gasteiger partial charge in [0.25, 0.3) is 0 Å². The van der Waals surface area contributed by atoms with Crippen LogP contribution in [0.2, 0.25) is 0 Å². The Kier molecular flexibility index (Phi) is 9.25. The number of hydrogen-bond acceptors (Lipinski definition) is 4. The van der Waals surface area contributed by atoms with Gasteiger partial charge in [0.15, 0.2) is 0 Å². The highest BCUT2D eigenvalue weighted by atomic mass is 16.5. The highest BCUT2D eigenvalue weighted by Gasteiger charge is 2.40. The van der Waals surface area contributed by atoms with Crippen molar-refractivity contribution in [3.63, 3.8) is 0 Å². The molecule has 4 nitrogen and oxygen atoms in total. The minimum absolute atomic E-state index is 0.118. The molecule has 0 aliphatic carbocycles. The Morgan fingerprint density at radius 1 is 1.27 bits per heavy atom. The van der Waals surface area contributed by atoms with Gasteiger partial charge in [-0.25, -0.2) is 0 Å². The maximum atomic E-state index is 10.1. The van der Waals surface area contributed by atoms with E-state index in [1.165, 1.54) is 0 Å². The number of aliphatic hydroxyl groups excluding tert-OH is 3. The number of hydrogen-bond donors (Lipinski definition) is 3. The van der Waals surface area contributed by atoms with Gasteiger partial charge in [-0.3, -0.25) is 0 Å². The monoisotopic (exact) mass is 366 g/mol. The minimum Gasteiger partial charge on any atom is -0.394 e. The van der Waals surface area contributed by atoms with E-state index in [0.29, 0.717) is 12.3 Å². The van der Waals surface area contributed by atoms with Crippen LogP contribution in [0.25, 0.3) is 0 Å². The summed E-state index contributed by atoms with van der Waals surface area (Å²) < 4.78 is 6.34. The van der Waals surface area contributed by atoms with Crippen molar-refractivity contribution in [2.75, 3.05) is 6.61 Å². The lowest BCUT2D eigenvalue weighted by Crippen LogP contribution is -2.28. The van der Waals surface area contributed by atoms with E-state index in [4.69, 9.17) is 9.84 Å². The van der Waals surface area contributed by atoms with Gasteiger partial charge in [0, 0.05) is 6.42 Å². The lowest BCUT2D eigenvalue weighted by Gasteiger charge is -2.28. The molecule has 0 radical (unpaired) electrons. The molecular weight excluding hydrogens is 328 g/mol. The third-order valence-corrected chi connectivity index (χ3v) is 5.21. The predicted octanol–water partition coefficient (Wildman–Crippen LogP) is 3.77. The molecule has 1 saturated heterocycles. The van der Waals surface area contributed by atoms with Crippen LogP contribution in [-0.4, -0.2) is 45.8 Å². The SMILES string of the molecule is C=C(C)C/C=C/[C@@H]1O[C@](C)(CC(=C)[C@H](C)C[C@H](O)C[C@H](O)CO)C[C@@H]1C. The van der Waals surface area contributed by atoms with E-state index in [1.807, 2.05) is 13.8 Å². The second-order valence-electron chi connectivity index (χ2n) is 8.50. The third kappa shape index (κ3) is 7.75. The first-order valence-electron chi connectivity index (χ1n) is 9.69. The normalized spacial score (nSPS) is 29.7. The summed E-state index contributed by atoms with van der Waals surface area (Å²) in [5, 5.41) is 28.4. The molecule has 1 heterocycles. The van der Waals surface area contributed by atoms with E-state index in [1.54, 1.807) is 0 Å². The molecule has 0 aromatic carbocycles. The fraction of sp³-hybridized carbons (Fsp3) is 0.727. The van der Waals surface area contributed by atoms with E-state index in [9.17, 15) is 10.2 Å². The van der Waals surface area contributed by atoms with Gasteiger partial charge in [-0.1, -0.05) is 50.3 Å². The van der Waals surface area contributed by atoms with Gasteiger partial charge in [0.1, 0.15) is 0 Å². The molecule has 26 heavy (non-hydrogen) atoms. The van der Waals surface area contributed by atoms with Crippen molar-refractivity contribution < 1.29 is 20.1 Å². The molecule has 0 unspecified atom stereocenters. The molecule has 1 fully saturated rings. The predicted molar refractivity (Wildman–Crippen MR) is 107 cm³/mol. The Morgan fingerprint density at radius 3 is 2.50 bits per heavy atom. The highest BCUT2D eigenvalue weighted by molar-refractivity contribution is 5.10. The number of allylic oxidation sites excluding steroid dienone is 2. The molecule has 0 bridgehead atoms. The number of rotatable bonds is 11. The smallest absolute Gasteiger partial charge is 0.0795 e. The van der Waals surface area contributed by atoms with Crippen molar-refractivity contribution in [2.24, 2.45) is 11.8 Å². The maximum Gasteiger partial charge on any atom is 0.0795 e. The second-order valence-corrected chi connectivity index (χ2v) is 8.50. The van der Waals surface area contributed by atoms with Crippen molar-refractivity contribution in [3.05, 3.63) is 36.5 Å². The van der Waals surface area contributed by atoms with Crippen LogP contribution in [0.3, 0.4) is 0 Å². The van der Waals surface area contributed by atoms with Gasteiger partial charge < -0.3 is 20.1 Å². The lowest BCUT2D eigenvalue weighted by molar-refractivity contribution is -0.0138. The highest BCUT2D eigenvalue weighted by Crippen LogP contribution is 2.40. The summed E-state index contributed by atoms with van der Waals surface area (Å²) in [6, 6.07) is 0. The number of ether oxygens (including phenoxy) is 1. The van der Waals surface area contributed by atoms with Crippen molar-refractivity contribution in [2.45, 2.75) is 83.7 Å². The van der Waals surface area contributed by atoms with E-state index in [-0.39, 0.29) is 30.7 Å². The lowest BCUT2D eigenvalue weighted by atomic mass is 9.83. The van der Waals surface area contributed by atoms with Crippen LogP contribution in [-0.2, 0) is 4.74 Å². The molecule has 0 amide bonds. The Morgan fingerprint density at radius 2 is 1.92 bits per heavy atom. The summed E-state index contributed by atoms with van der Waals surface area (Å²) in [4.78, 5) is 0. The second kappa shape index (κ2) is 10.4. The number of aliphatic hydroxyl groups is 3. The van der Waals surface area contributed by atoms with Gasteiger partial charge in [-0.05, 0) is 51.4 Å². The first-order valence-corrected chi connectivity index (χ1v) is 9.69. The van der Waals surface area contributed by atoms with Crippen molar-refractivity contribution in [1.29, 1.82) is 0 Å². The molecule has 1 aliphatic rings. The largest absolute Gasteiger partial charge is 0.394 e. The van der Waals surface area contributed by atoms with Crippen LogP contribution in [0.5, 0.6) is 0 Å². The van der Waals surface area contributed by atoms with Crippen molar-refractivity contribution >= 4 is 0 Å². The van der Waals surface area contributed by atoms with Crippen LogP contribution in [0.15, 0.2) is 36.5 Å². The Balaban J connectivity index is 2.54. The molecule has 1 aliphatic heterocycles. The molecule has 1 rings (SSSR count). The van der Waals surface area contributed by atoms with Gasteiger partial charge in [0.2, 0.25) is 0 Å². The topological polar surface area (TPSA) is 69.9 Å². The molecule has 0 spiro atoms. The summed E-state index contributed by atoms with van der Waals surface area (Å²) in [5.74, 6) is 0.583. The average molecular weight is 367 g/mol. The zero-order valence-corrected chi connectivity index (χ0v) is 16.9. The van der Waals surface area contributed by atoms with Crippen LogP contribution >= 0.6 is 0 Å². The van der Waals surface area contributed by atoms with Gasteiger partial charge in [-0.15, -0.1) is 0 Å². The molecule has 6 atom stereocenters. The first-order chi connectivity index (χ1) is 12.1. The summed E-state index contributed by atoms with van der Waals surface area (Å²) in [7, 11) is 0. The molecule has 4 heteroatoms. The zero-order chi connectivity index (χ0) is 19.9. The third-order valence-electron chi connectivity index (χ3n) is 5.21. The van der Waals surface area contributed by atoms with Crippen LogP contribution < -0.4 is 0 Å². The summed E-state index contributed by atoms with van der Waals surface area (Å²) in [6.45, 7) is 16.2. The minimum atomic E-state index is -0.867. The summed E-state index contributed by atoms with van der Waals surface area (Å²) >= 11 is 0. The van der Waals surface area contributed by atoms with Crippen LogP contribution in [0.4, 0.5) is 0 Å². The van der Waals surface area contributed by atoms with Gasteiger partial charge in [-0.2, -0.15) is 0 Å². The van der Waals surface area contributed by atoms with Gasteiger partial charge >= 0.3 is 0 Å². The van der Waals surface area contributed by atoms with Crippen LogP contribution in [0.1, 0.15) is 59.8 Å².